The van der Waals surface area contributed by atoms with E-state index in [4.69, 9.17) is 4.52 Å². The fraction of sp³-hybridized carbons (Fsp3) is 0. The number of fused-ring (bicyclic) bond motifs is 1. The second-order valence-electron chi connectivity index (χ2n) is 1.58. The van der Waals surface area contributed by atoms with E-state index in [0.717, 1.165) is 11.5 Å². The number of hydrogen-bond acceptors (Lipinski definition) is 2. The van der Waals surface area contributed by atoms with Crippen LogP contribution in [0.4, 0.5) is 0 Å². The molecule has 1 aliphatic heterocycles. The Morgan fingerprint density at radius 1 is 1.50 bits per heavy atom. The lowest BCUT2D eigenvalue weighted by Gasteiger charge is -1.71. The largest absolute Gasteiger partial charge is 0.363 e. The number of nitrogens with one attached hydrogen (secondary N) is 1. The molecule has 1 N–H and O–H groups in total. The van der Waals surface area contributed by atoms with Crippen LogP contribution in [-0.4, -0.2) is 10.4 Å². The molecule has 0 amide bonds. The number of rotatable bonds is 0. The van der Waals surface area contributed by atoms with Crippen LogP contribution in [0.15, 0.2) is 22.7 Å². The molecule has 8 heavy (non-hydrogen) atoms. The van der Waals surface area contributed by atoms with Gasteiger partial charge in [-0.1, -0.05) is 6.07 Å². The Bertz CT molecular complexity index is 202. The highest BCUT2D eigenvalue weighted by Crippen LogP contribution is 2.17. The summed E-state index contributed by atoms with van der Waals surface area (Å²) in [4.78, 5) is 0. The molecule has 0 unspecified atom stereocenters. The molecule has 0 atom stereocenters. The van der Waals surface area contributed by atoms with Crippen molar-refractivity contribution in [2.45, 2.75) is 0 Å². The second kappa shape index (κ2) is 1.12. The Hall–Kier alpha value is -1.25. The van der Waals surface area contributed by atoms with Crippen LogP contribution in [-0.2, 0) is 0 Å². The summed E-state index contributed by atoms with van der Waals surface area (Å²) >= 11 is 0. The van der Waals surface area contributed by atoms with Gasteiger partial charge in [0.15, 0.2) is 5.76 Å². The third-order valence-electron chi connectivity index (χ3n) is 1.08. The highest BCUT2D eigenvalue weighted by Gasteiger charge is 2.03. The Balaban J connectivity index is 2.84. The van der Waals surface area contributed by atoms with Crippen molar-refractivity contribution in [2.24, 2.45) is 0 Å². The molecule has 0 saturated heterocycles. The van der Waals surface area contributed by atoms with Gasteiger partial charge in [0.1, 0.15) is 5.69 Å². The molecule has 0 bridgehead atoms. The number of aromatic nitrogens is 2. The number of H-pyrrole nitrogens is 1. The average Bonchev–Trinajstić information content (AvgIpc) is 2.15. The van der Waals surface area contributed by atoms with Crippen molar-refractivity contribution >= 4 is 0 Å². The van der Waals surface area contributed by atoms with E-state index in [2.05, 4.69) is 10.4 Å². The Morgan fingerprint density at radius 3 is 3.38 bits per heavy atom. The monoisotopic (exact) mass is 108 g/mol. The van der Waals surface area contributed by atoms with Gasteiger partial charge in [0.25, 0.3) is 0 Å². The molecular formula is C5H4N2O. The van der Waals surface area contributed by atoms with Crippen molar-refractivity contribution in [3.05, 3.63) is 18.2 Å². The highest BCUT2D eigenvalue weighted by atomic mass is 16.5. The quantitative estimate of drug-likeness (QED) is 0.549. The molecule has 0 radical (unpaired) electrons. The van der Waals surface area contributed by atoms with Crippen LogP contribution in [0.5, 0.6) is 0 Å². The zero-order valence-corrected chi connectivity index (χ0v) is 4.09. The molecule has 0 spiro atoms. The number of hydrogen-bond donors (Lipinski definition) is 1. The van der Waals surface area contributed by atoms with E-state index in [1.54, 1.807) is 0 Å². The average molecular weight is 108 g/mol. The van der Waals surface area contributed by atoms with Gasteiger partial charge in [-0.3, -0.25) is 0 Å². The van der Waals surface area contributed by atoms with E-state index in [0.29, 0.717) is 0 Å². The topological polar surface area (TPSA) is 41.8 Å². The van der Waals surface area contributed by atoms with Gasteiger partial charge in [0, 0.05) is 0 Å². The zero-order valence-electron chi connectivity index (χ0n) is 4.09. The fourth-order valence-electron chi connectivity index (χ4n) is 0.694. The molecule has 0 aromatic carbocycles. The lowest BCUT2D eigenvalue weighted by atomic mass is 10.4. The van der Waals surface area contributed by atoms with E-state index >= 15 is 0 Å². The van der Waals surface area contributed by atoms with Crippen molar-refractivity contribution in [1.82, 2.24) is 10.4 Å². The molecular weight excluding hydrogens is 104 g/mol. The molecule has 0 saturated carbocycles. The molecule has 0 aromatic rings. The summed E-state index contributed by atoms with van der Waals surface area (Å²) in [7, 11) is 0. The zero-order chi connectivity index (χ0) is 5.40. The van der Waals surface area contributed by atoms with Crippen LogP contribution < -0.4 is 0 Å². The fourth-order valence-corrected chi connectivity index (χ4v) is 0.694. The van der Waals surface area contributed by atoms with Crippen molar-refractivity contribution < 1.29 is 4.52 Å². The summed E-state index contributed by atoms with van der Waals surface area (Å²) in [5, 5.41) is 6.18. The van der Waals surface area contributed by atoms with Crippen molar-refractivity contribution in [1.29, 1.82) is 0 Å². The van der Waals surface area contributed by atoms with Crippen LogP contribution >= 0.6 is 0 Å². The third-order valence-corrected chi connectivity index (χ3v) is 1.08. The first-order valence-electron chi connectivity index (χ1n) is 2.35. The summed E-state index contributed by atoms with van der Waals surface area (Å²) in [6.07, 6.45) is 0. The van der Waals surface area contributed by atoms with Crippen LogP contribution in [0.3, 0.4) is 0 Å². The van der Waals surface area contributed by atoms with E-state index in [1.165, 1.54) is 0 Å². The summed E-state index contributed by atoms with van der Waals surface area (Å²) in [6, 6.07) is 5.64. The number of aromatic amines is 1. The van der Waals surface area contributed by atoms with E-state index in [-0.39, 0.29) is 0 Å². The third kappa shape index (κ3) is 0.307. The van der Waals surface area contributed by atoms with Crippen molar-refractivity contribution in [3.8, 4) is 11.5 Å². The highest BCUT2D eigenvalue weighted by molar-refractivity contribution is 5.53. The van der Waals surface area contributed by atoms with Gasteiger partial charge in [0.05, 0.1) is 0 Å². The SMILES string of the molecule is c1cc2n[nH]oc-2c1. The first kappa shape index (κ1) is 3.72. The van der Waals surface area contributed by atoms with Crippen LogP contribution in [0.25, 0.3) is 11.5 Å². The van der Waals surface area contributed by atoms with Crippen LogP contribution in [0.1, 0.15) is 0 Å². The maximum absolute atomic E-state index is 4.82. The Labute approximate surface area is 45.6 Å². The Morgan fingerprint density at radius 2 is 2.50 bits per heavy atom. The Kier molecular flexibility index (Phi) is 0.521. The second-order valence-corrected chi connectivity index (χ2v) is 1.58. The molecule has 0 aromatic heterocycles. The molecule has 2 rings (SSSR count). The minimum absolute atomic E-state index is 0.810. The maximum Gasteiger partial charge on any atom is 0.184 e. The van der Waals surface area contributed by atoms with Gasteiger partial charge in [-0.25, -0.2) is 0 Å². The molecule has 1 aliphatic carbocycles. The molecule has 40 valence electrons. The van der Waals surface area contributed by atoms with E-state index < -0.39 is 0 Å². The smallest absolute Gasteiger partial charge is 0.184 e. The van der Waals surface area contributed by atoms with Crippen LogP contribution in [0, 0.1) is 0 Å². The first-order chi connectivity index (χ1) is 3.97. The van der Waals surface area contributed by atoms with Gasteiger partial charge in [-0.2, -0.15) is 0 Å². The minimum atomic E-state index is 0.810. The van der Waals surface area contributed by atoms with Crippen molar-refractivity contribution in [2.75, 3.05) is 0 Å². The van der Waals surface area contributed by atoms with Crippen molar-refractivity contribution in [3.63, 3.8) is 0 Å². The lowest BCUT2D eigenvalue weighted by molar-refractivity contribution is 0.407. The van der Waals surface area contributed by atoms with Gasteiger partial charge in [-0.05, 0) is 12.1 Å². The molecule has 1 heterocycles. The van der Waals surface area contributed by atoms with Crippen LogP contribution in [0.2, 0.25) is 0 Å². The maximum atomic E-state index is 4.82. The van der Waals surface area contributed by atoms with Gasteiger partial charge in [0.2, 0.25) is 0 Å². The summed E-state index contributed by atoms with van der Waals surface area (Å²) in [5.41, 5.74) is 0.880. The predicted octanol–water partition coefficient (Wildman–Crippen LogP) is 1.11. The van der Waals surface area contributed by atoms with E-state index in [1.807, 2.05) is 18.2 Å². The summed E-state index contributed by atoms with van der Waals surface area (Å²) in [6.45, 7) is 0. The minimum Gasteiger partial charge on any atom is -0.363 e. The summed E-state index contributed by atoms with van der Waals surface area (Å²) < 4.78 is 4.82. The molecule has 0 fully saturated rings. The number of nitrogens with zero attached hydrogens (tertiary/aromatic N) is 1. The molecule has 2 aliphatic rings. The van der Waals surface area contributed by atoms with E-state index in [9.17, 15) is 0 Å². The first-order valence-corrected chi connectivity index (χ1v) is 2.35. The summed E-state index contributed by atoms with van der Waals surface area (Å²) in [5.74, 6) is 0.810. The van der Waals surface area contributed by atoms with Gasteiger partial charge >= 0.3 is 0 Å². The normalized spacial score (nSPS) is 10.5. The van der Waals surface area contributed by atoms with Gasteiger partial charge in [-0.15, -0.1) is 10.4 Å². The van der Waals surface area contributed by atoms with Gasteiger partial charge < -0.3 is 4.52 Å². The molecule has 3 nitrogen and oxygen atoms in total. The lowest BCUT2D eigenvalue weighted by Crippen LogP contribution is -1.62. The molecule has 3 heteroatoms. The standard InChI is InChI=1S/C5H4N2O/c1-2-4-5(3-1)8-7-6-4/h1-3,7H. The predicted molar refractivity (Wildman–Crippen MR) is 27.5 cm³/mol.